The Bertz CT molecular complexity index is 1190. The number of morpholine rings is 1. The number of fused-ring (bicyclic) bond motifs is 5. The summed E-state index contributed by atoms with van der Waals surface area (Å²) in [6.45, 7) is 6.45. The lowest BCUT2D eigenvalue weighted by Gasteiger charge is -2.48. The number of rotatable bonds is 3. The highest BCUT2D eigenvalue weighted by molar-refractivity contribution is 5.78. The summed E-state index contributed by atoms with van der Waals surface area (Å²) < 4.78 is 47.4. The molecule has 11 heteroatoms. The quantitative estimate of drug-likeness (QED) is 0.636. The highest BCUT2D eigenvalue weighted by Crippen LogP contribution is 2.59. The van der Waals surface area contributed by atoms with Crippen LogP contribution in [0.25, 0.3) is 5.69 Å². The van der Waals surface area contributed by atoms with E-state index in [1.165, 1.54) is 26.0 Å². The number of nitriles is 1. The molecular weight excluding hydrogens is 443 g/mol. The van der Waals surface area contributed by atoms with Crippen molar-refractivity contribution in [2.75, 3.05) is 13.1 Å². The Morgan fingerprint density at radius 2 is 1.64 bits per heavy atom. The number of aliphatic carboxylic acids is 1. The highest BCUT2D eigenvalue weighted by Gasteiger charge is 2.61. The predicted octanol–water partition coefficient (Wildman–Crippen LogP) is 3.42. The Balaban J connectivity index is 1.90. The zero-order chi connectivity index (χ0) is 24.7. The van der Waals surface area contributed by atoms with Crippen LogP contribution in [0.5, 0.6) is 11.8 Å². The van der Waals surface area contributed by atoms with Gasteiger partial charge in [0.25, 0.3) is 0 Å². The molecule has 2 aliphatic heterocycles. The Kier molecular flexibility index (Phi) is 4.62. The first-order chi connectivity index (χ1) is 15.1. The summed E-state index contributed by atoms with van der Waals surface area (Å²) in [5.74, 6) is -2.08. The van der Waals surface area contributed by atoms with Crippen molar-refractivity contribution < 1.29 is 38.0 Å². The van der Waals surface area contributed by atoms with Crippen molar-refractivity contribution in [3.8, 4) is 23.5 Å². The van der Waals surface area contributed by atoms with E-state index in [0.29, 0.717) is 6.07 Å². The van der Waals surface area contributed by atoms with Gasteiger partial charge in [-0.2, -0.15) is 18.4 Å². The maximum atomic E-state index is 13.5. The third kappa shape index (κ3) is 3.08. The molecule has 0 spiro atoms. The molecule has 4 rings (SSSR count). The Morgan fingerprint density at radius 3 is 2.06 bits per heavy atom. The van der Waals surface area contributed by atoms with Crippen LogP contribution in [0.1, 0.15) is 49.9 Å². The number of alkyl halides is 3. The topological polar surface area (TPSA) is 119 Å². The zero-order valence-corrected chi connectivity index (χ0v) is 18.3. The summed E-state index contributed by atoms with van der Waals surface area (Å²) in [7, 11) is 0. The molecule has 2 bridgehead atoms. The van der Waals surface area contributed by atoms with Gasteiger partial charge in [0.2, 0.25) is 11.8 Å². The number of carboxylic acids is 1. The molecule has 1 aromatic carbocycles. The second-order valence-electron chi connectivity index (χ2n) is 9.36. The molecule has 2 atom stereocenters. The van der Waals surface area contributed by atoms with Crippen LogP contribution in [0.15, 0.2) is 18.2 Å². The lowest BCUT2D eigenvalue weighted by molar-refractivity contribution is -0.207. The molecule has 1 aromatic heterocycles. The first-order valence-electron chi connectivity index (χ1n) is 10.0. The number of hydrogen-bond acceptors (Lipinski definition) is 6. The van der Waals surface area contributed by atoms with Crippen LogP contribution in [-0.4, -0.2) is 49.4 Å². The molecule has 0 amide bonds. The normalized spacial score (nSPS) is 25.0. The van der Waals surface area contributed by atoms with Gasteiger partial charge in [-0.3, -0.25) is 14.3 Å². The van der Waals surface area contributed by atoms with Gasteiger partial charge in [-0.15, -0.1) is 0 Å². The number of aromatic hydroxyl groups is 2. The first-order valence-corrected chi connectivity index (χ1v) is 10.0. The van der Waals surface area contributed by atoms with E-state index in [4.69, 9.17) is 10.00 Å². The fourth-order valence-electron chi connectivity index (χ4n) is 4.93. The van der Waals surface area contributed by atoms with Gasteiger partial charge in [0.05, 0.1) is 34.0 Å². The molecule has 3 N–H and O–H groups in total. The summed E-state index contributed by atoms with van der Waals surface area (Å²) in [6.07, 6.45) is -4.82. The number of carbonyl (C=O) groups is 1. The van der Waals surface area contributed by atoms with Gasteiger partial charge in [0.1, 0.15) is 16.7 Å². The summed E-state index contributed by atoms with van der Waals surface area (Å²) >= 11 is 0. The molecule has 0 aliphatic carbocycles. The highest BCUT2D eigenvalue weighted by atomic mass is 19.4. The lowest BCUT2D eigenvalue weighted by Crippen LogP contribution is -2.61. The number of carboxylic acid groups (broad SMARTS) is 1. The maximum absolute atomic E-state index is 13.5. The van der Waals surface area contributed by atoms with E-state index in [-0.39, 0.29) is 29.9 Å². The second-order valence-corrected chi connectivity index (χ2v) is 9.36. The van der Waals surface area contributed by atoms with Crippen LogP contribution in [0.3, 0.4) is 0 Å². The fourth-order valence-corrected chi connectivity index (χ4v) is 4.93. The number of halogens is 3. The summed E-state index contributed by atoms with van der Waals surface area (Å²) in [5, 5.41) is 40.8. The number of hydrogen-bond donors (Lipinski definition) is 3. The molecule has 8 nitrogen and oxygen atoms in total. The molecule has 0 radical (unpaired) electrons. The zero-order valence-electron chi connectivity index (χ0n) is 18.3. The van der Waals surface area contributed by atoms with Crippen LogP contribution in [0.2, 0.25) is 0 Å². The summed E-state index contributed by atoms with van der Waals surface area (Å²) in [6, 6.07) is 4.35. The van der Waals surface area contributed by atoms with E-state index in [2.05, 4.69) is 0 Å². The fraction of sp³-hybridized carbons (Fsp3) is 0.455. The van der Waals surface area contributed by atoms with Crippen molar-refractivity contribution in [3.63, 3.8) is 0 Å². The van der Waals surface area contributed by atoms with Crippen LogP contribution in [-0.2, 0) is 26.9 Å². The van der Waals surface area contributed by atoms with E-state index >= 15 is 0 Å². The van der Waals surface area contributed by atoms with Crippen molar-refractivity contribution in [1.82, 2.24) is 9.47 Å². The lowest BCUT2D eigenvalue weighted by atomic mass is 9.94. The van der Waals surface area contributed by atoms with Crippen LogP contribution in [0.4, 0.5) is 13.2 Å². The average Bonchev–Trinajstić information content (AvgIpc) is 3.06. The van der Waals surface area contributed by atoms with Crippen molar-refractivity contribution in [3.05, 3.63) is 40.5 Å². The van der Waals surface area contributed by atoms with Gasteiger partial charge < -0.3 is 20.1 Å². The monoisotopic (exact) mass is 465 g/mol. The minimum absolute atomic E-state index is 0.0626. The number of nitrogens with zero attached hydrogens (tertiary/aromatic N) is 3. The molecule has 1 saturated heterocycles. The summed E-state index contributed by atoms with van der Waals surface area (Å²) in [4.78, 5) is 13.5. The summed E-state index contributed by atoms with van der Waals surface area (Å²) in [5.41, 5.74) is -5.34. The van der Waals surface area contributed by atoms with Crippen molar-refractivity contribution in [1.29, 1.82) is 5.26 Å². The predicted molar refractivity (Wildman–Crippen MR) is 108 cm³/mol. The maximum Gasteiger partial charge on any atom is 0.417 e. The minimum atomic E-state index is -4.82. The molecular formula is C22H22F3N3O5. The van der Waals surface area contributed by atoms with Crippen molar-refractivity contribution in [2.45, 2.75) is 50.6 Å². The second kappa shape index (κ2) is 6.65. The van der Waals surface area contributed by atoms with E-state index in [9.17, 15) is 33.3 Å². The number of benzene rings is 1. The molecule has 2 aliphatic rings. The molecule has 2 unspecified atom stereocenters. The molecule has 33 heavy (non-hydrogen) atoms. The van der Waals surface area contributed by atoms with E-state index in [1.54, 1.807) is 18.7 Å². The SMILES string of the molecule is CC12CN(C(C)(C)C(=O)O)CC(C)(O1)c1c2c(O)n(-c2ccc(C#N)c(C(F)(F)F)c2)c1O. The largest absolute Gasteiger partial charge is 0.494 e. The first kappa shape index (κ1) is 22.9. The smallest absolute Gasteiger partial charge is 0.417 e. The van der Waals surface area contributed by atoms with Crippen LogP contribution >= 0.6 is 0 Å². The van der Waals surface area contributed by atoms with Gasteiger partial charge in [-0.25, -0.2) is 0 Å². The Labute approximate surface area is 187 Å². The van der Waals surface area contributed by atoms with Crippen LogP contribution in [0, 0.1) is 11.3 Å². The molecule has 176 valence electrons. The minimum Gasteiger partial charge on any atom is -0.494 e. The Hall–Kier alpha value is -3.23. The Morgan fingerprint density at radius 1 is 1.12 bits per heavy atom. The third-order valence-electron chi connectivity index (χ3n) is 6.62. The van der Waals surface area contributed by atoms with Crippen molar-refractivity contribution >= 4 is 5.97 Å². The van der Waals surface area contributed by atoms with Crippen molar-refractivity contribution in [2.24, 2.45) is 0 Å². The van der Waals surface area contributed by atoms with E-state index < -0.39 is 51.8 Å². The van der Waals surface area contributed by atoms with E-state index in [0.717, 1.165) is 10.6 Å². The number of ether oxygens (including phenoxy) is 1. The molecule has 2 aromatic rings. The van der Waals surface area contributed by atoms with Gasteiger partial charge >= 0.3 is 12.1 Å². The van der Waals surface area contributed by atoms with Crippen LogP contribution < -0.4 is 0 Å². The van der Waals surface area contributed by atoms with Gasteiger partial charge in [-0.05, 0) is 45.9 Å². The third-order valence-corrected chi connectivity index (χ3v) is 6.62. The average molecular weight is 465 g/mol. The molecule has 0 saturated carbocycles. The van der Waals surface area contributed by atoms with Gasteiger partial charge in [0.15, 0.2) is 0 Å². The van der Waals surface area contributed by atoms with Gasteiger partial charge in [-0.1, -0.05) is 0 Å². The number of aromatic nitrogens is 1. The molecule has 3 heterocycles. The van der Waals surface area contributed by atoms with E-state index in [1.807, 2.05) is 0 Å². The standard InChI is InChI=1S/C22H22F3N3O5/c1-19(2,18(31)32)27-9-20(3)14-15(21(4,10-27)33-20)17(30)28(16(14)29)12-6-5-11(8-26)13(7-12)22(23,24)25/h5-7,29-30H,9-10H2,1-4H3,(H,31,32). The van der Waals surface area contributed by atoms with Gasteiger partial charge in [0, 0.05) is 13.1 Å². The molecule has 1 fully saturated rings.